The van der Waals surface area contributed by atoms with Crippen molar-refractivity contribution in [1.82, 2.24) is 0 Å². The first-order valence-corrected chi connectivity index (χ1v) is 3.03. The number of likely N-dealkylation sites (N-methyl/N-ethyl adjacent to an activating group) is 1. The van der Waals surface area contributed by atoms with Gasteiger partial charge in [-0.15, -0.1) is 0 Å². The number of quaternary nitrogens is 1. The molecule has 42 valence electrons. The highest BCUT2D eigenvalue weighted by Gasteiger charge is 2.45. The van der Waals surface area contributed by atoms with E-state index in [-0.39, 0.29) is 0 Å². The molecule has 0 aromatic rings. The van der Waals surface area contributed by atoms with Crippen molar-refractivity contribution >= 4 is 0 Å². The van der Waals surface area contributed by atoms with Gasteiger partial charge in [-0.1, -0.05) is 0 Å². The van der Waals surface area contributed by atoms with Gasteiger partial charge in [0.2, 0.25) is 0 Å². The maximum Gasteiger partial charge on any atom is 0.136 e. The summed E-state index contributed by atoms with van der Waals surface area (Å²) in [5.41, 5.74) is 0. The van der Waals surface area contributed by atoms with Crippen LogP contribution in [0.2, 0.25) is 0 Å². The van der Waals surface area contributed by atoms with Crippen LogP contribution in [0.1, 0.15) is 13.8 Å². The molecule has 1 fully saturated rings. The van der Waals surface area contributed by atoms with Gasteiger partial charge in [0.15, 0.2) is 0 Å². The Bertz CT molecular complexity index is 76.2. The monoisotopic (exact) mass is 100 g/mol. The molecule has 0 radical (unpaired) electrons. The van der Waals surface area contributed by atoms with E-state index >= 15 is 0 Å². The molecule has 0 N–H and O–H groups in total. The molecule has 0 aromatic carbocycles. The first-order valence-electron chi connectivity index (χ1n) is 3.03. The van der Waals surface area contributed by atoms with Gasteiger partial charge in [-0.25, -0.2) is 0 Å². The van der Waals surface area contributed by atoms with Crippen molar-refractivity contribution in [2.75, 3.05) is 20.1 Å². The van der Waals surface area contributed by atoms with E-state index in [1.54, 1.807) is 0 Å². The predicted octanol–water partition coefficient (Wildman–Crippen LogP) is 0.855. The number of hydrogen-bond acceptors (Lipinski definition) is 0. The maximum absolute atomic E-state index is 2.31. The summed E-state index contributed by atoms with van der Waals surface area (Å²) in [5.74, 6) is 0. The van der Waals surface area contributed by atoms with Crippen molar-refractivity contribution in [2.45, 2.75) is 19.9 Å². The highest BCUT2D eigenvalue weighted by Crippen LogP contribution is 2.25. The molecule has 1 aliphatic rings. The highest BCUT2D eigenvalue weighted by atomic mass is 15.5. The second-order valence-electron chi connectivity index (χ2n) is 2.83. The molecule has 0 aromatic heterocycles. The summed E-state index contributed by atoms with van der Waals surface area (Å²) in [5, 5.41) is 0. The average molecular weight is 100 g/mol. The first-order chi connectivity index (χ1) is 3.19. The molecule has 0 bridgehead atoms. The Morgan fingerprint density at radius 2 is 2.14 bits per heavy atom. The molecule has 0 amide bonds. The van der Waals surface area contributed by atoms with Gasteiger partial charge in [0.1, 0.15) is 12.6 Å². The Morgan fingerprint density at radius 3 is 2.14 bits per heavy atom. The molecule has 1 aliphatic heterocycles. The minimum Gasteiger partial charge on any atom is -0.315 e. The molecule has 0 saturated carbocycles. The van der Waals surface area contributed by atoms with Crippen LogP contribution in [0.3, 0.4) is 0 Å². The van der Waals surface area contributed by atoms with Crippen LogP contribution < -0.4 is 0 Å². The molecular weight excluding hydrogens is 86.1 g/mol. The zero-order valence-corrected chi connectivity index (χ0v) is 5.44. The quantitative estimate of drug-likeness (QED) is 0.338. The fourth-order valence-electron chi connectivity index (χ4n) is 0.997. The Labute approximate surface area is 45.5 Å². The van der Waals surface area contributed by atoms with Crippen molar-refractivity contribution in [1.29, 1.82) is 0 Å². The Balaban J connectivity index is 2.36. The van der Waals surface area contributed by atoms with Gasteiger partial charge in [0, 0.05) is 0 Å². The molecule has 1 heteroatoms. The van der Waals surface area contributed by atoms with Gasteiger partial charge in [-0.3, -0.25) is 0 Å². The summed E-state index contributed by atoms with van der Waals surface area (Å²) < 4.78 is 1.31. The second kappa shape index (κ2) is 1.22. The Morgan fingerprint density at radius 1 is 1.71 bits per heavy atom. The fourth-order valence-corrected chi connectivity index (χ4v) is 0.997. The molecule has 0 aliphatic carbocycles. The standard InChI is InChI=1S/C6H14N/c1-4-7(3)5-6(7)2/h6H,4-5H2,1-3H3/q+1/t6-,7?/m0/s1. The highest BCUT2D eigenvalue weighted by molar-refractivity contribution is 4.64. The van der Waals surface area contributed by atoms with Crippen molar-refractivity contribution in [2.24, 2.45) is 0 Å². The van der Waals surface area contributed by atoms with Crippen LogP contribution in [-0.4, -0.2) is 30.7 Å². The molecule has 1 unspecified atom stereocenters. The van der Waals surface area contributed by atoms with Crippen LogP contribution >= 0.6 is 0 Å². The first kappa shape index (κ1) is 5.10. The van der Waals surface area contributed by atoms with Crippen LogP contribution in [0.15, 0.2) is 0 Å². The van der Waals surface area contributed by atoms with E-state index in [0.717, 1.165) is 6.04 Å². The Kier molecular flexibility index (Phi) is 0.890. The van der Waals surface area contributed by atoms with Gasteiger partial charge in [-0.05, 0) is 13.8 Å². The van der Waals surface area contributed by atoms with E-state index < -0.39 is 0 Å². The minimum absolute atomic E-state index is 0.949. The molecule has 1 rings (SSSR count). The lowest BCUT2D eigenvalue weighted by atomic mass is 10.5. The zero-order valence-electron chi connectivity index (χ0n) is 5.44. The predicted molar refractivity (Wildman–Crippen MR) is 31.1 cm³/mol. The summed E-state index contributed by atoms with van der Waals surface area (Å²) in [6.45, 7) is 7.27. The van der Waals surface area contributed by atoms with Crippen molar-refractivity contribution < 1.29 is 4.48 Å². The van der Waals surface area contributed by atoms with E-state index in [4.69, 9.17) is 0 Å². The lowest BCUT2D eigenvalue weighted by Gasteiger charge is -2.07. The smallest absolute Gasteiger partial charge is 0.136 e. The lowest BCUT2D eigenvalue weighted by molar-refractivity contribution is -0.788. The SMILES string of the molecule is CC[N+]1(C)C[C@@H]1C. The summed E-state index contributed by atoms with van der Waals surface area (Å²) in [6.07, 6.45) is 0. The largest absolute Gasteiger partial charge is 0.315 e. The molecule has 1 heterocycles. The Hall–Kier alpha value is -0.0400. The third-order valence-electron chi connectivity index (χ3n) is 2.33. The van der Waals surface area contributed by atoms with E-state index in [1.807, 2.05) is 0 Å². The summed E-state index contributed by atoms with van der Waals surface area (Å²) in [4.78, 5) is 0. The van der Waals surface area contributed by atoms with Crippen LogP contribution in [0.5, 0.6) is 0 Å². The number of nitrogens with zero attached hydrogens (tertiary/aromatic N) is 1. The lowest BCUT2D eigenvalue weighted by Crippen LogP contribution is -2.20. The van der Waals surface area contributed by atoms with Gasteiger partial charge >= 0.3 is 0 Å². The van der Waals surface area contributed by atoms with E-state index in [1.165, 1.54) is 17.6 Å². The maximum atomic E-state index is 2.31. The molecule has 2 atom stereocenters. The minimum atomic E-state index is 0.949. The summed E-state index contributed by atoms with van der Waals surface area (Å²) >= 11 is 0. The molecule has 7 heavy (non-hydrogen) atoms. The van der Waals surface area contributed by atoms with Gasteiger partial charge in [-0.2, -0.15) is 0 Å². The number of hydrogen-bond donors (Lipinski definition) is 0. The fraction of sp³-hybridized carbons (Fsp3) is 1.00. The third kappa shape index (κ3) is 0.653. The van der Waals surface area contributed by atoms with Crippen molar-refractivity contribution in [3.05, 3.63) is 0 Å². The molecular formula is C6H14N+. The van der Waals surface area contributed by atoms with E-state index in [2.05, 4.69) is 20.9 Å². The summed E-state index contributed by atoms with van der Waals surface area (Å²) in [7, 11) is 2.31. The van der Waals surface area contributed by atoms with Crippen LogP contribution in [0.4, 0.5) is 0 Å². The van der Waals surface area contributed by atoms with Crippen LogP contribution in [0, 0.1) is 0 Å². The third-order valence-corrected chi connectivity index (χ3v) is 2.33. The normalized spacial score (nSPS) is 49.3. The van der Waals surface area contributed by atoms with Gasteiger partial charge < -0.3 is 4.48 Å². The van der Waals surface area contributed by atoms with Gasteiger partial charge in [0.25, 0.3) is 0 Å². The van der Waals surface area contributed by atoms with Crippen LogP contribution in [0.25, 0.3) is 0 Å². The zero-order chi connectivity index (χ0) is 5.49. The number of rotatable bonds is 1. The van der Waals surface area contributed by atoms with Crippen molar-refractivity contribution in [3.63, 3.8) is 0 Å². The molecule has 0 spiro atoms. The second-order valence-corrected chi connectivity index (χ2v) is 2.83. The molecule has 1 nitrogen and oxygen atoms in total. The van der Waals surface area contributed by atoms with E-state index in [9.17, 15) is 0 Å². The summed E-state index contributed by atoms with van der Waals surface area (Å²) in [6, 6.07) is 0.949. The van der Waals surface area contributed by atoms with E-state index in [0.29, 0.717) is 0 Å². The molecule has 1 saturated heterocycles. The topological polar surface area (TPSA) is 0 Å². The average Bonchev–Trinajstić information content (AvgIpc) is 2.18. The van der Waals surface area contributed by atoms with Crippen LogP contribution in [-0.2, 0) is 0 Å². The van der Waals surface area contributed by atoms with Crippen molar-refractivity contribution in [3.8, 4) is 0 Å². The van der Waals surface area contributed by atoms with Gasteiger partial charge in [0.05, 0.1) is 13.6 Å².